The molecule has 3 heterocycles. The molecule has 2 atom stereocenters. The highest BCUT2D eigenvalue weighted by Crippen LogP contribution is 2.29. The molecule has 0 radical (unpaired) electrons. The van der Waals surface area contributed by atoms with Crippen molar-refractivity contribution in [2.75, 3.05) is 57.4 Å². The summed E-state index contributed by atoms with van der Waals surface area (Å²) in [4.78, 5) is 4.51. The Morgan fingerprint density at radius 3 is 2.52 bits per heavy atom. The Kier molecular flexibility index (Phi) is 7.44. The summed E-state index contributed by atoms with van der Waals surface area (Å²) in [5, 5.41) is 21.6. The van der Waals surface area contributed by atoms with Gasteiger partial charge in [-0.1, -0.05) is 18.2 Å². The van der Waals surface area contributed by atoms with Crippen molar-refractivity contribution in [3.05, 3.63) is 47.3 Å². The highest BCUT2D eigenvalue weighted by Gasteiger charge is 2.36. The molecule has 1 aromatic heterocycles. The van der Waals surface area contributed by atoms with Crippen LogP contribution < -0.4 is 4.90 Å². The fourth-order valence-electron chi connectivity index (χ4n) is 4.49. The lowest BCUT2D eigenvalue weighted by atomic mass is 9.98. The van der Waals surface area contributed by atoms with Crippen LogP contribution in [0.5, 0.6) is 0 Å². The fourth-order valence-corrected chi connectivity index (χ4v) is 7.11. The summed E-state index contributed by atoms with van der Waals surface area (Å²) >= 11 is 1.24. The monoisotopic (exact) mass is 495 g/mol. The van der Waals surface area contributed by atoms with E-state index in [9.17, 15) is 18.6 Å². The van der Waals surface area contributed by atoms with Crippen molar-refractivity contribution in [1.82, 2.24) is 9.21 Å². The molecule has 0 spiro atoms. The highest BCUT2D eigenvalue weighted by atomic mass is 32.2. The first kappa shape index (κ1) is 24.6. The summed E-state index contributed by atoms with van der Waals surface area (Å²) in [6, 6.07) is 11.2. The van der Waals surface area contributed by atoms with Crippen molar-refractivity contribution in [3.63, 3.8) is 0 Å². The number of hydrogen-bond acceptors (Lipinski definition) is 8. The maximum atomic E-state index is 13.2. The van der Waals surface area contributed by atoms with Gasteiger partial charge in [0.1, 0.15) is 4.21 Å². The number of aliphatic hydroxyl groups excluding tert-OH is 1. The van der Waals surface area contributed by atoms with Gasteiger partial charge in [-0.05, 0) is 43.0 Å². The normalized spacial score (nSPS) is 23.7. The summed E-state index contributed by atoms with van der Waals surface area (Å²) in [6.45, 7) is 7.45. The standard InChI is InChI=1S/C23H33N3O5S2/c1-23(2,28)18-5-7-19(8-6-18)26-10-9-25(33(29,30)22-4-3-13-32-22)15-20(26)14-24-11-12-31-21(16-24)17-27/h3-8,13,20-21,27-28H,9-12,14-17H2,1-2H3. The average molecular weight is 496 g/mol. The molecule has 33 heavy (non-hydrogen) atoms. The molecule has 8 nitrogen and oxygen atoms in total. The second-order valence-electron chi connectivity index (χ2n) is 9.18. The number of anilines is 1. The van der Waals surface area contributed by atoms with Gasteiger partial charge in [-0.15, -0.1) is 11.3 Å². The SMILES string of the molecule is CC(C)(O)c1ccc(N2CCN(S(=O)(=O)c3cccs3)CC2CN2CCOC(CO)C2)cc1. The predicted molar refractivity (Wildman–Crippen MR) is 129 cm³/mol. The number of piperazine rings is 1. The summed E-state index contributed by atoms with van der Waals surface area (Å²) < 4.78 is 34.0. The second-order valence-corrected chi connectivity index (χ2v) is 12.3. The van der Waals surface area contributed by atoms with Gasteiger partial charge in [0.25, 0.3) is 10.0 Å². The van der Waals surface area contributed by atoms with Gasteiger partial charge in [0.05, 0.1) is 31.0 Å². The van der Waals surface area contributed by atoms with E-state index < -0.39 is 15.6 Å². The molecule has 2 saturated heterocycles. The molecule has 10 heteroatoms. The minimum atomic E-state index is -3.53. The van der Waals surface area contributed by atoms with Gasteiger partial charge in [0.15, 0.2) is 0 Å². The first-order valence-electron chi connectivity index (χ1n) is 11.3. The van der Waals surface area contributed by atoms with Crippen LogP contribution in [0.2, 0.25) is 0 Å². The van der Waals surface area contributed by atoms with Crippen LogP contribution in [-0.4, -0.2) is 92.5 Å². The third kappa shape index (κ3) is 5.59. The molecule has 0 amide bonds. The smallest absolute Gasteiger partial charge is 0.252 e. The molecule has 2 unspecified atom stereocenters. The molecule has 4 rings (SSSR count). The largest absolute Gasteiger partial charge is 0.394 e. The lowest BCUT2D eigenvalue weighted by Crippen LogP contribution is -2.59. The summed E-state index contributed by atoms with van der Waals surface area (Å²) in [5.41, 5.74) is 0.923. The van der Waals surface area contributed by atoms with E-state index in [2.05, 4.69) is 9.80 Å². The molecule has 1 aromatic carbocycles. The van der Waals surface area contributed by atoms with E-state index in [1.165, 1.54) is 11.3 Å². The Morgan fingerprint density at radius 2 is 1.88 bits per heavy atom. The van der Waals surface area contributed by atoms with E-state index in [0.29, 0.717) is 43.5 Å². The number of nitrogens with zero attached hydrogens (tertiary/aromatic N) is 3. The Bertz CT molecular complexity index is 1010. The van der Waals surface area contributed by atoms with Crippen molar-refractivity contribution in [3.8, 4) is 0 Å². The van der Waals surface area contributed by atoms with Crippen molar-refractivity contribution < 1.29 is 23.4 Å². The third-order valence-electron chi connectivity index (χ3n) is 6.34. The molecular weight excluding hydrogens is 462 g/mol. The highest BCUT2D eigenvalue weighted by molar-refractivity contribution is 7.91. The van der Waals surface area contributed by atoms with E-state index >= 15 is 0 Å². The molecule has 2 fully saturated rings. The predicted octanol–water partition coefficient (Wildman–Crippen LogP) is 1.55. The van der Waals surface area contributed by atoms with Crippen LogP contribution in [-0.2, 0) is 20.4 Å². The van der Waals surface area contributed by atoms with E-state index in [4.69, 9.17) is 4.74 Å². The molecular formula is C23H33N3O5S2. The van der Waals surface area contributed by atoms with Crippen LogP contribution >= 0.6 is 11.3 Å². The lowest BCUT2D eigenvalue weighted by Gasteiger charge is -2.45. The van der Waals surface area contributed by atoms with Crippen molar-refractivity contribution in [1.29, 1.82) is 0 Å². The van der Waals surface area contributed by atoms with Crippen LogP contribution in [0.3, 0.4) is 0 Å². The summed E-state index contributed by atoms with van der Waals surface area (Å²) in [6.07, 6.45) is -0.215. The van der Waals surface area contributed by atoms with Crippen LogP contribution in [0, 0.1) is 0 Å². The number of thiophene rings is 1. The first-order valence-corrected chi connectivity index (χ1v) is 13.6. The number of aliphatic hydroxyl groups is 2. The molecule has 0 bridgehead atoms. The molecule has 2 N–H and O–H groups in total. The summed E-state index contributed by atoms with van der Waals surface area (Å²) in [7, 11) is -3.53. The molecule has 2 aromatic rings. The molecule has 2 aliphatic rings. The van der Waals surface area contributed by atoms with Gasteiger partial charge in [-0.25, -0.2) is 8.42 Å². The maximum absolute atomic E-state index is 13.2. The minimum Gasteiger partial charge on any atom is -0.394 e. The Balaban J connectivity index is 1.57. The number of hydrogen-bond donors (Lipinski definition) is 2. The van der Waals surface area contributed by atoms with Gasteiger partial charge in [0, 0.05) is 45.0 Å². The van der Waals surface area contributed by atoms with Crippen molar-refractivity contribution in [2.45, 2.75) is 35.8 Å². The molecule has 0 saturated carbocycles. The Labute approximate surface area is 200 Å². The molecule has 0 aliphatic carbocycles. The van der Waals surface area contributed by atoms with E-state index in [-0.39, 0.29) is 18.8 Å². The van der Waals surface area contributed by atoms with Crippen LogP contribution in [0.15, 0.2) is 46.0 Å². The second kappa shape index (κ2) is 9.99. The van der Waals surface area contributed by atoms with Gasteiger partial charge in [0.2, 0.25) is 0 Å². The van der Waals surface area contributed by atoms with E-state index in [1.807, 2.05) is 24.3 Å². The maximum Gasteiger partial charge on any atom is 0.252 e. The topological polar surface area (TPSA) is 93.6 Å². The number of sulfonamides is 1. The minimum absolute atomic E-state index is 0.0256. The van der Waals surface area contributed by atoms with Gasteiger partial charge in [-0.3, -0.25) is 4.90 Å². The third-order valence-corrected chi connectivity index (χ3v) is 9.57. The van der Waals surface area contributed by atoms with Gasteiger partial charge >= 0.3 is 0 Å². The lowest BCUT2D eigenvalue weighted by molar-refractivity contribution is -0.0545. The Hall–Kier alpha value is -1.53. The average Bonchev–Trinajstić information content (AvgIpc) is 3.35. The van der Waals surface area contributed by atoms with Crippen LogP contribution in [0.1, 0.15) is 19.4 Å². The van der Waals surface area contributed by atoms with Crippen LogP contribution in [0.25, 0.3) is 0 Å². The first-order chi connectivity index (χ1) is 15.7. The van der Waals surface area contributed by atoms with E-state index in [0.717, 1.165) is 17.8 Å². The molecule has 2 aliphatic heterocycles. The number of rotatable bonds is 7. The van der Waals surface area contributed by atoms with Crippen molar-refractivity contribution in [2.24, 2.45) is 0 Å². The quantitative estimate of drug-likeness (QED) is 0.602. The molecule has 182 valence electrons. The zero-order valence-corrected chi connectivity index (χ0v) is 20.8. The van der Waals surface area contributed by atoms with E-state index in [1.54, 1.807) is 35.7 Å². The van der Waals surface area contributed by atoms with Crippen LogP contribution in [0.4, 0.5) is 5.69 Å². The number of benzene rings is 1. The zero-order chi connectivity index (χ0) is 23.6. The van der Waals surface area contributed by atoms with Gasteiger partial charge < -0.3 is 19.8 Å². The Morgan fingerprint density at radius 1 is 1.12 bits per heavy atom. The summed E-state index contributed by atoms with van der Waals surface area (Å²) in [5.74, 6) is 0. The van der Waals surface area contributed by atoms with Gasteiger partial charge in [-0.2, -0.15) is 4.31 Å². The number of morpholine rings is 1. The number of ether oxygens (including phenoxy) is 1. The van der Waals surface area contributed by atoms with Crippen molar-refractivity contribution >= 4 is 27.0 Å². The zero-order valence-electron chi connectivity index (χ0n) is 19.1. The fraction of sp³-hybridized carbons (Fsp3) is 0.565.